The maximum atomic E-state index is 3.67. The summed E-state index contributed by atoms with van der Waals surface area (Å²) < 4.78 is 0. The van der Waals surface area contributed by atoms with Gasteiger partial charge in [0.05, 0.1) is 0 Å². The van der Waals surface area contributed by atoms with Crippen LogP contribution in [0.1, 0.15) is 58.3 Å². The van der Waals surface area contributed by atoms with Crippen molar-refractivity contribution in [2.24, 2.45) is 0 Å². The van der Waals surface area contributed by atoms with Gasteiger partial charge in [-0.25, -0.2) is 0 Å². The number of hydrogen-bond donors (Lipinski definition) is 1. The summed E-state index contributed by atoms with van der Waals surface area (Å²) in [5.74, 6) is 2.72. The molecule has 0 amide bonds. The number of unbranched alkanes of at least 4 members (excludes halogenated alkanes) is 2. The molecule has 0 aromatic heterocycles. The van der Waals surface area contributed by atoms with E-state index in [1.54, 1.807) is 0 Å². The third kappa shape index (κ3) is 7.24. The second-order valence-electron chi connectivity index (χ2n) is 4.61. The minimum Gasteiger partial charge on any atom is -0.314 e. The average molecular weight is 229 g/mol. The van der Waals surface area contributed by atoms with Gasteiger partial charge in [0, 0.05) is 6.04 Å². The molecule has 0 spiro atoms. The van der Waals surface area contributed by atoms with Crippen LogP contribution in [0.25, 0.3) is 0 Å². The molecule has 1 rings (SSSR count). The van der Waals surface area contributed by atoms with Crippen LogP contribution in [0.5, 0.6) is 0 Å². The first-order valence-electron chi connectivity index (χ1n) is 6.74. The standard InChI is InChI=1S/C13H27NS/c1-2-3-6-11-15-12-7-10-14-13-8-4-5-9-13/h13-14H,2-12H2,1H3. The molecule has 2 heteroatoms. The number of rotatable bonds is 9. The predicted molar refractivity (Wildman–Crippen MR) is 71.7 cm³/mol. The van der Waals surface area contributed by atoms with Crippen molar-refractivity contribution >= 4 is 11.8 Å². The topological polar surface area (TPSA) is 12.0 Å². The highest BCUT2D eigenvalue weighted by atomic mass is 32.2. The summed E-state index contributed by atoms with van der Waals surface area (Å²) in [6.45, 7) is 3.52. The summed E-state index contributed by atoms with van der Waals surface area (Å²) in [6, 6.07) is 0.857. The van der Waals surface area contributed by atoms with Gasteiger partial charge in [0.1, 0.15) is 0 Å². The van der Waals surface area contributed by atoms with Crippen LogP contribution in [0, 0.1) is 0 Å². The van der Waals surface area contributed by atoms with Gasteiger partial charge in [-0.15, -0.1) is 0 Å². The Balaban J connectivity index is 1.73. The van der Waals surface area contributed by atoms with E-state index in [9.17, 15) is 0 Å². The van der Waals surface area contributed by atoms with Gasteiger partial charge in [-0.2, -0.15) is 11.8 Å². The molecule has 1 aliphatic rings. The van der Waals surface area contributed by atoms with Crippen LogP contribution in [0.3, 0.4) is 0 Å². The largest absolute Gasteiger partial charge is 0.314 e. The molecule has 0 atom stereocenters. The van der Waals surface area contributed by atoms with Crippen molar-refractivity contribution in [1.82, 2.24) is 5.32 Å². The smallest absolute Gasteiger partial charge is 0.00670 e. The van der Waals surface area contributed by atoms with E-state index in [0.29, 0.717) is 0 Å². The molecule has 0 aromatic carbocycles. The quantitative estimate of drug-likeness (QED) is 0.603. The Morgan fingerprint density at radius 1 is 1.07 bits per heavy atom. The van der Waals surface area contributed by atoms with Crippen molar-refractivity contribution in [3.63, 3.8) is 0 Å². The van der Waals surface area contributed by atoms with E-state index in [4.69, 9.17) is 0 Å². The van der Waals surface area contributed by atoms with Gasteiger partial charge in [0.15, 0.2) is 0 Å². The molecule has 0 bridgehead atoms. The summed E-state index contributed by atoms with van der Waals surface area (Å²) in [7, 11) is 0. The van der Waals surface area contributed by atoms with Crippen LogP contribution < -0.4 is 5.32 Å². The summed E-state index contributed by atoms with van der Waals surface area (Å²) in [5, 5.41) is 3.67. The van der Waals surface area contributed by atoms with E-state index < -0.39 is 0 Å². The molecule has 0 saturated heterocycles. The van der Waals surface area contributed by atoms with Crippen molar-refractivity contribution in [1.29, 1.82) is 0 Å². The summed E-state index contributed by atoms with van der Waals surface area (Å²) >= 11 is 2.14. The third-order valence-corrected chi connectivity index (χ3v) is 4.30. The second kappa shape index (κ2) is 9.53. The average Bonchev–Trinajstić information content (AvgIpc) is 2.75. The molecule has 1 aliphatic carbocycles. The van der Waals surface area contributed by atoms with Crippen LogP contribution in [0.2, 0.25) is 0 Å². The Bertz CT molecular complexity index is 132. The molecule has 1 N–H and O–H groups in total. The number of nitrogens with one attached hydrogen (secondary N) is 1. The Morgan fingerprint density at radius 3 is 2.53 bits per heavy atom. The molecule has 0 heterocycles. The highest BCUT2D eigenvalue weighted by molar-refractivity contribution is 7.99. The van der Waals surface area contributed by atoms with Crippen LogP contribution in [0.4, 0.5) is 0 Å². The SMILES string of the molecule is CCCCCSCCCNC1CCCC1. The monoisotopic (exact) mass is 229 g/mol. The molecular formula is C13H27NS. The zero-order chi connectivity index (χ0) is 10.8. The van der Waals surface area contributed by atoms with Crippen molar-refractivity contribution in [2.75, 3.05) is 18.1 Å². The molecule has 90 valence electrons. The Kier molecular flexibility index (Phi) is 8.50. The van der Waals surface area contributed by atoms with Crippen molar-refractivity contribution < 1.29 is 0 Å². The van der Waals surface area contributed by atoms with E-state index in [1.807, 2.05) is 0 Å². The van der Waals surface area contributed by atoms with E-state index in [2.05, 4.69) is 24.0 Å². The van der Waals surface area contributed by atoms with Gasteiger partial charge in [-0.1, -0.05) is 32.6 Å². The molecule has 1 saturated carbocycles. The maximum Gasteiger partial charge on any atom is 0.00670 e. The molecule has 0 unspecified atom stereocenters. The fraction of sp³-hybridized carbons (Fsp3) is 1.00. The normalized spacial score (nSPS) is 17.4. The summed E-state index contributed by atoms with van der Waals surface area (Å²) in [5.41, 5.74) is 0. The first kappa shape index (κ1) is 13.4. The third-order valence-electron chi connectivity index (χ3n) is 3.15. The first-order chi connectivity index (χ1) is 7.43. The van der Waals surface area contributed by atoms with Gasteiger partial charge in [-0.3, -0.25) is 0 Å². The number of hydrogen-bond acceptors (Lipinski definition) is 2. The minimum absolute atomic E-state index is 0.857. The molecule has 0 radical (unpaired) electrons. The summed E-state index contributed by atoms with van der Waals surface area (Å²) in [6.07, 6.45) is 11.3. The lowest BCUT2D eigenvalue weighted by atomic mass is 10.2. The van der Waals surface area contributed by atoms with Gasteiger partial charge in [-0.05, 0) is 43.7 Å². The van der Waals surface area contributed by atoms with Gasteiger partial charge in [0.2, 0.25) is 0 Å². The number of thioether (sulfide) groups is 1. The lowest BCUT2D eigenvalue weighted by molar-refractivity contribution is 0.524. The van der Waals surface area contributed by atoms with Crippen LogP contribution in [-0.2, 0) is 0 Å². The van der Waals surface area contributed by atoms with Gasteiger partial charge in [0.25, 0.3) is 0 Å². The Morgan fingerprint density at radius 2 is 1.80 bits per heavy atom. The highest BCUT2D eigenvalue weighted by Gasteiger charge is 2.12. The van der Waals surface area contributed by atoms with Crippen LogP contribution in [-0.4, -0.2) is 24.1 Å². The van der Waals surface area contributed by atoms with Gasteiger partial charge >= 0.3 is 0 Å². The Labute approximate surface area is 99.8 Å². The van der Waals surface area contributed by atoms with Crippen molar-refractivity contribution in [3.8, 4) is 0 Å². The fourth-order valence-corrected chi connectivity index (χ4v) is 3.13. The van der Waals surface area contributed by atoms with Crippen molar-refractivity contribution in [3.05, 3.63) is 0 Å². The van der Waals surface area contributed by atoms with Gasteiger partial charge < -0.3 is 5.32 Å². The summed E-state index contributed by atoms with van der Waals surface area (Å²) in [4.78, 5) is 0. The van der Waals surface area contributed by atoms with Crippen molar-refractivity contribution in [2.45, 2.75) is 64.3 Å². The van der Waals surface area contributed by atoms with E-state index in [0.717, 1.165) is 6.04 Å². The maximum absolute atomic E-state index is 3.67. The zero-order valence-corrected chi connectivity index (χ0v) is 11.1. The van der Waals surface area contributed by atoms with Crippen LogP contribution in [0.15, 0.2) is 0 Å². The predicted octanol–water partition coefficient (Wildman–Crippen LogP) is 3.83. The minimum atomic E-state index is 0.857. The molecule has 0 aromatic rings. The molecular weight excluding hydrogens is 202 g/mol. The highest BCUT2D eigenvalue weighted by Crippen LogP contribution is 2.17. The molecule has 1 nitrogen and oxygen atoms in total. The lowest BCUT2D eigenvalue weighted by Gasteiger charge is -2.10. The van der Waals surface area contributed by atoms with E-state index in [1.165, 1.54) is 69.4 Å². The Hall–Kier alpha value is 0.310. The fourth-order valence-electron chi connectivity index (χ4n) is 2.17. The second-order valence-corrected chi connectivity index (χ2v) is 5.83. The molecule has 15 heavy (non-hydrogen) atoms. The lowest BCUT2D eigenvalue weighted by Crippen LogP contribution is -2.27. The first-order valence-corrected chi connectivity index (χ1v) is 7.90. The zero-order valence-electron chi connectivity index (χ0n) is 10.3. The van der Waals surface area contributed by atoms with E-state index in [-0.39, 0.29) is 0 Å². The van der Waals surface area contributed by atoms with E-state index >= 15 is 0 Å². The molecule has 1 fully saturated rings. The van der Waals surface area contributed by atoms with Crippen LogP contribution >= 0.6 is 11.8 Å². The molecule has 0 aliphatic heterocycles.